The average Bonchev–Trinajstić information content (AvgIpc) is 3.46. The molecule has 0 unspecified atom stereocenters. The van der Waals surface area contributed by atoms with Crippen molar-refractivity contribution in [2.24, 2.45) is 0 Å². The first-order chi connectivity index (χ1) is 13.8. The van der Waals surface area contributed by atoms with Crippen LogP contribution < -0.4 is 10.6 Å². The summed E-state index contributed by atoms with van der Waals surface area (Å²) in [6, 6.07) is 16.9. The molecule has 0 saturated heterocycles. The van der Waals surface area contributed by atoms with E-state index in [1.54, 1.807) is 17.1 Å². The summed E-state index contributed by atoms with van der Waals surface area (Å²) in [5.41, 5.74) is 1.64. The fourth-order valence-corrected chi connectivity index (χ4v) is 2.71. The molecule has 0 bridgehead atoms. The molecule has 3 aromatic heterocycles. The molecule has 1 aromatic carbocycles. The van der Waals surface area contributed by atoms with Crippen molar-refractivity contribution in [3.63, 3.8) is 0 Å². The van der Waals surface area contributed by atoms with Crippen molar-refractivity contribution in [2.75, 3.05) is 18.4 Å². The lowest BCUT2D eigenvalue weighted by atomic mass is 10.2. The largest absolute Gasteiger partial charge is 0.367 e. The molecule has 140 valence electrons. The van der Waals surface area contributed by atoms with Crippen LogP contribution in [0.1, 0.15) is 10.4 Å². The van der Waals surface area contributed by atoms with Gasteiger partial charge in [0.15, 0.2) is 5.82 Å². The number of hydrogen-bond acceptors (Lipinski definition) is 5. The number of nitrogens with one attached hydrogen (secondary N) is 2. The predicted octanol–water partition coefficient (Wildman–Crippen LogP) is 2.29. The van der Waals surface area contributed by atoms with E-state index in [-0.39, 0.29) is 5.91 Å². The first-order valence-corrected chi connectivity index (χ1v) is 8.89. The van der Waals surface area contributed by atoms with Gasteiger partial charge in [0.05, 0.1) is 0 Å². The minimum Gasteiger partial charge on any atom is -0.367 e. The molecule has 28 heavy (non-hydrogen) atoms. The third kappa shape index (κ3) is 4.07. The molecule has 0 radical (unpaired) electrons. The molecule has 0 fully saturated rings. The van der Waals surface area contributed by atoms with E-state index in [1.807, 2.05) is 71.6 Å². The number of anilines is 1. The molecule has 0 spiro atoms. The number of carbonyl (C=O) groups is 1. The van der Waals surface area contributed by atoms with E-state index in [0.717, 1.165) is 5.69 Å². The Bertz CT molecular complexity index is 1010. The topological polar surface area (TPSA) is 89.7 Å². The van der Waals surface area contributed by atoms with Gasteiger partial charge >= 0.3 is 0 Å². The van der Waals surface area contributed by atoms with Gasteiger partial charge in [-0.15, -0.1) is 10.2 Å². The van der Waals surface area contributed by atoms with Gasteiger partial charge in [0.1, 0.15) is 5.82 Å². The van der Waals surface area contributed by atoms with Crippen molar-refractivity contribution in [3.8, 4) is 11.5 Å². The van der Waals surface area contributed by atoms with Gasteiger partial charge in [-0.05, 0) is 54.6 Å². The van der Waals surface area contributed by atoms with Crippen LogP contribution in [0.3, 0.4) is 0 Å². The molecule has 0 aliphatic carbocycles. The summed E-state index contributed by atoms with van der Waals surface area (Å²) < 4.78 is 3.63. The first-order valence-electron chi connectivity index (χ1n) is 8.89. The van der Waals surface area contributed by atoms with Gasteiger partial charge in [0.2, 0.25) is 0 Å². The lowest BCUT2D eigenvalue weighted by Gasteiger charge is -2.08. The van der Waals surface area contributed by atoms with Crippen molar-refractivity contribution >= 4 is 11.7 Å². The molecule has 8 nitrogen and oxygen atoms in total. The Hall–Kier alpha value is -3.94. The van der Waals surface area contributed by atoms with Gasteiger partial charge in [-0.1, -0.05) is 0 Å². The molecular formula is C20H19N7O. The number of carbonyl (C=O) groups excluding carboxylic acids is 1. The first kappa shape index (κ1) is 17.5. The molecule has 0 saturated carbocycles. The lowest BCUT2D eigenvalue weighted by molar-refractivity contribution is 0.0955. The third-order valence-corrected chi connectivity index (χ3v) is 4.14. The molecule has 4 aromatic rings. The molecule has 8 heteroatoms. The maximum atomic E-state index is 12.2. The highest BCUT2D eigenvalue weighted by molar-refractivity contribution is 5.94. The second kappa shape index (κ2) is 8.17. The number of aromatic nitrogens is 5. The zero-order valence-corrected chi connectivity index (χ0v) is 15.1. The van der Waals surface area contributed by atoms with Crippen LogP contribution in [0.25, 0.3) is 11.5 Å². The van der Waals surface area contributed by atoms with Crippen LogP contribution in [-0.4, -0.2) is 43.5 Å². The number of benzene rings is 1. The van der Waals surface area contributed by atoms with E-state index in [0.29, 0.717) is 30.3 Å². The molecule has 2 N–H and O–H groups in total. The number of hydrogen-bond donors (Lipinski definition) is 2. The van der Waals surface area contributed by atoms with Crippen molar-refractivity contribution < 1.29 is 4.79 Å². The Morgan fingerprint density at radius 2 is 1.71 bits per heavy atom. The molecule has 0 aliphatic heterocycles. The highest BCUT2D eigenvalue weighted by Gasteiger charge is 2.05. The maximum Gasteiger partial charge on any atom is 0.251 e. The van der Waals surface area contributed by atoms with Crippen LogP contribution in [0.2, 0.25) is 0 Å². The van der Waals surface area contributed by atoms with Crippen LogP contribution in [0.15, 0.2) is 79.4 Å². The Kier molecular flexibility index (Phi) is 5.10. The SMILES string of the molecule is O=C(NCCNc1ccc(-n2cccn2)nn1)c1ccc(-n2cccc2)cc1. The summed E-state index contributed by atoms with van der Waals surface area (Å²) in [5.74, 6) is 1.18. The quantitative estimate of drug-likeness (QED) is 0.485. The van der Waals surface area contributed by atoms with Gasteiger partial charge in [-0.25, -0.2) is 4.68 Å². The van der Waals surface area contributed by atoms with Crippen molar-refractivity contribution in [1.82, 2.24) is 29.9 Å². The molecule has 3 heterocycles. The Labute approximate surface area is 161 Å². The van der Waals surface area contributed by atoms with Gasteiger partial charge in [0.25, 0.3) is 5.91 Å². The highest BCUT2D eigenvalue weighted by atomic mass is 16.1. The zero-order valence-electron chi connectivity index (χ0n) is 15.1. The number of rotatable bonds is 7. The van der Waals surface area contributed by atoms with Crippen molar-refractivity contribution in [3.05, 3.63) is 84.9 Å². The predicted molar refractivity (Wildman–Crippen MR) is 106 cm³/mol. The molecule has 0 atom stereocenters. The summed E-state index contributed by atoms with van der Waals surface area (Å²) in [6.45, 7) is 1.02. The zero-order chi connectivity index (χ0) is 19.2. The summed E-state index contributed by atoms with van der Waals surface area (Å²) in [5, 5.41) is 18.3. The number of amides is 1. The monoisotopic (exact) mass is 373 g/mol. The second-order valence-electron chi connectivity index (χ2n) is 6.05. The van der Waals surface area contributed by atoms with E-state index in [4.69, 9.17) is 0 Å². The molecule has 1 amide bonds. The maximum absolute atomic E-state index is 12.2. The molecule has 0 aliphatic rings. The van der Waals surface area contributed by atoms with Gasteiger partial charge in [-0.3, -0.25) is 4.79 Å². The van der Waals surface area contributed by atoms with Gasteiger partial charge in [-0.2, -0.15) is 5.10 Å². The fraction of sp³-hybridized carbons (Fsp3) is 0.100. The average molecular weight is 373 g/mol. The van der Waals surface area contributed by atoms with E-state index < -0.39 is 0 Å². The Morgan fingerprint density at radius 1 is 0.893 bits per heavy atom. The van der Waals surface area contributed by atoms with Crippen LogP contribution in [-0.2, 0) is 0 Å². The standard InChI is InChI=1S/C20H19N7O/c28-20(16-4-6-17(7-5-16)26-13-1-2-14-26)22-12-11-21-18-8-9-19(25-24-18)27-15-3-10-23-27/h1-10,13-15H,11-12H2,(H,21,24)(H,22,28). The minimum atomic E-state index is -0.110. The summed E-state index contributed by atoms with van der Waals surface area (Å²) in [7, 11) is 0. The van der Waals surface area contributed by atoms with Gasteiger partial charge < -0.3 is 15.2 Å². The second-order valence-corrected chi connectivity index (χ2v) is 6.05. The number of nitrogens with zero attached hydrogens (tertiary/aromatic N) is 5. The van der Waals surface area contributed by atoms with Crippen molar-refractivity contribution in [2.45, 2.75) is 0 Å². The Balaban J connectivity index is 1.24. The third-order valence-electron chi connectivity index (χ3n) is 4.14. The van der Waals surface area contributed by atoms with Gasteiger partial charge in [0, 0.05) is 49.1 Å². The molecular weight excluding hydrogens is 354 g/mol. The Morgan fingerprint density at radius 3 is 2.39 bits per heavy atom. The molecule has 4 rings (SSSR count). The van der Waals surface area contributed by atoms with E-state index in [2.05, 4.69) is 25.9 Å². The van der Waals surface area contributed by atoms with E-state index in [9.17, 15) is 4.79 Å². The van der Waals surface area contributed by atoms with Crippen LogP contribution in [0.4, 0.5) is 5.82 Å². The smallest absolute Gasteiger partial charge is 0.251 e. The van der Waals surface area contributed by atoms with E-state index >= 15 is 0 Å². The van der Waals surface area contributed by atoms with Crippen LogP contribution in [0, 0.1) is 0 Å². The summed E-state index contributed by atoms with van der Waals surface area (Å²) in [6.07, 6.45) is 7.42. The van der Waals surface area contributed by atoms with E-state index in [1.165, 1.54) is 0 Å². The normalized spacial score (nSPS) is 10.6. The summed E-state index contributed by atoms with van der Waals surface area (Å²) in [4.78, 5) is 12.2. The van der Waals surface area contributed by atoms with Crippen LogP contribution in [0.5, 0.6) is 0 Å². The van der Waals surface area contributed by atoms with Crippen LogP contribution >= 0.6 is 0 Å². The fourth-order valence-electron chi connectivity index (χ4n) is 2.71. The minimum absolute atomic E-state index is 0.110. The summed E-state index contributed by atoms with van der Waals surface area (Å²) >= 11 is 0. The highest BCUT2D eigenvalue weighted by Crippen LogP contribution is 2.10. The van der Waals surface area contributed by atoms with Crippen molar-refractivity contribution in [1.29, 1.82) is 0 Å². The lowest BCUT2D eigenvalue weighted by Crippen LogP contribution is -2.28.